The summed E-state index contributed by atoms with van der Waals surface area (Å²) in [6.45, 7) is 0.393. The van der Waals surface area contributed by atoms with E-state index >= 15 is 0 Å². The van der Waals surface area contributed by atoms with Gasteiger partial charge >= 0.3 is 0 Å². The smallest absolute Gasteiger partial charge is 0.254 e. The number of rotatable bonds is 5. The van der Waals surface area contributed by atoms with E-state index in [-0.39, 0.29) is 10.0 Å². The first-order chi connectivity index (χ1) is 8.02. The van der Waals surface area contributed by atoms with Crippen molar-refractivity contribution in [3.8, 4) is 0 Å². The zero-order valence-electron chi connectivity index (χ0n) is 9.33. The lowest BCUT2D eigenvalue weighted by atomic mass is 10.2. The molecule has 94 valence electrons. The van der Waals surface area contributed by atoms with Crippen molar-refractivity contribution < 1.29 is 13.4 Å². The maximum Gasteiger partial charge on any atom is 0.254 e. The summed E-state index contributed by atoms with van der Waals surface area (Å²) in [5.74, 6) is -0.490. The summed E-state index contributed by atoms with van der Waals surface area (Å²) in [4.78, 5) is 11.6. The zero-order chi connectivity index (χ0) is 12.8. The van der Waals surface area contributed by atoms with Crippen LogP contribution in [0.5, 0.6) is 0 Å². The van der Waals surface area contributed by atoms with Crippen molar-refractivity contribution in [1.82, 2.24) is 5.32 Å². The third kappa shape index (κ3) is 4.55. The quantitative estimate of drug-likeness (QED) is 0.844. The van der Waals surface area contributed by atoms with Crippen molar-refractivity contribution in [3.63, 3.8) is 0 Å². The molecule has 1 amide bonds. The van der Waals surface area contributed by atoms with E-state index in [1.807, 2.05) is 0 Å². The highest BCUT2D eigenvalue weighted by Gasteiger charge is 2.12. The first kappa shape index (κ1) is 14.3. The molecule has 0 aliphatic carbocycles. The molecule has 1 N–H and O–H groups in total. The molecule has 0 saturated heterocycles. The highest BCUT2D eigenvalue weighted by atomic mass is 79.9. The maximum absolute atomic E-state index is 13.5. The second kappa shape index (κ2) is 6.86. The summed E-state index contributed by atoms with van der Waals surface area (Å²) >= 11 is 3.02. The van der Waals surface area contributed by atoms with Gasteiger partial charge < -0.3 is 5.32 Å². The van der Waals surface area contributed by atoms with Crippen LogP contribution in [0.15, 0.2) is 22.7 Å². The van der Waals surface area contributed by atoms with Crippen LogP contribution in [0.3, 0.4) is 0 Å². The molecule has 1 aromatic rings. The number of hydrogen-bond donors (Lipinski definition) is 1. The lowest BCUT2D eigenvalue weighted by Gasteiger charge is -2.06. The molecule has 6 heteroatoms. The number of carbonyl (C=O) groups is 1. The minimum absolute atomic E-state index is 0.0111. The van der Waals surface area contributed by atoms with E-state index in [0.717, 1.165) is 0 Å². The molecule has 0 radical (unpaired) electrons. The van der Waals surface area contributed by atoms with Crippen LogP contribution in [0.2, 0.25) is 0 Å². The SMILES string of the molecule is CS(=O)CCCNC(=O)c1cccc(Br)c1F. The summed E-state index contributed by atoms with van der Waals surface area (Å²) in [6, 6.07) is 4.56. The molecule has 1 aromatic carbocycles. The topological polar surface area (TPSA) is 46.2 Å². The van der Waals surface area contributed by atoms with Crippen LogP contribution in [0.1, 0.15) is 16.8 Å². The van der Waals surface area contributed by atoms with Gasteiger partial charge in [-0.1, -0.05) is 6.07 Å². The van der Waals surface area contributed by atoms with Gasteiger partial charge in [-0.05, 0) is 34.5 Å². The van der Waals surface area contributed by atoms with Crippen molar-refractivity contribution >= 4 is 32.6 Å². The summed E-state index contributed by atoms with van der Waals surface area (Å²) in [6.07, 6.45) is 2.22. The molecule has 1 rings (SSSR count). The third-order valence-electron chi connectivity index (χ3n) is 2.09. The first-order valence-corrected chi connectivity index (χ1v) is 7.56. The van der Waals surface area contributed by atoms with Crippen LogP contribution in [0, 0.1) is 5.82 Å². The molecule has 0 aliphatic heterocycles. The molecule has 0 fully saturated rings. The Kier molecular flexibility index (Phi) is 5.77. The Morgan fingerprint density at radius 1 is 1.53 bits per heavy atom. The van der Waals surface area contributed by atoms with Crippen molar-refractivity contribution in [2.45, 2.75) is 6.42 Å². The summed E-state index contributed by atoms with van der Waals surface area (Å²) in [5.41, 5.74) is 0.0111. The van der Waals surface area contributed by atoms with Gasteiger partial charge in [0, 0.05) is 29.4 Å². The van der Waals surface area contributed by atoms with Crippen LogP contribution in [0.25, 0.3) is 0 Å². The predicted molar refractivity (Wildman–Crippen MR) is 70.0 cm³/mol. The Hall–Kier alpha value is -0.750. The van der Waals surface area contributed by atoms with Gasteiger partial charge in [0.15, 0.2) is 0 Å². The van der Waals surface area contributed by atoms with E-state index in [9.17, 15) is 13.4 Å². The molecular formula is C11H13BrFNO2S. The minimum Gasteiger partial charge on any atom is -0.352 e. The fraction of sp³-hybridized carbons (Fsp3) is 0.364. The fourth-order valence-electron chi connectivity index (χ4n) is 1.25. The van der Waals surface area contributed by atoms with E-state index in [1.54, 1.807) is 12.3 Å². The molecule has 0 saturated carbocycles. The van der Waals surface area contributed by atoms with Gasteiger partial charge in [0.25, 0.3) is 5.91 Å². The third-order valence-corrected chi connectivity index (χ3v) is 3.57. The molecule has 0 heterocycles. The average Bonchev–Trinajstić information content (AvgIpc) is 2.27. The number of carbonyl (C=O) groups excluding carboxylic acids is 1. The van der Waals surface area contributed by atoms with Gasteiger partial charge in [-0.15, -0.1) is 0 Å². The summed E-state index contributed by atoms with van der Waals surface area (Å²) < 4.78 is 24.6. The molecule has 3 nitrogen and oxygen atoms in total. The minimum atomic E-state index is -0.866. The Morgan fingerprint density at radius 3 is 2.88 bits per heavy atom. The molecule has 0 aromatic heterocycles. The average molecular weight is 322 g/mol. The van der Waals surface area contributed by atoms with Gasteiger partial charge in [0.1, 0.15) is 5.82 Å². The monoisotopic (exact) mass is 321 g/mol. The Bertz CT molecular complexity index is 439. The standard InChI is InChI=1S/C11H13BrFNO2S/c1-17(16)7-3-6-14-11(15)8-4-2-5-9(12)10(8)13/h2,4-5H,3,6-7H2,1H3,(H,14,15). The largest absolute Gasteiger partial charge is 0.352 e. The van der Waals surface area contributed by atoms with Crippen LogP contribution < -0.4 is 5.32 Å². The Labute approximate surface area is 110 Å². The summed E-state index contributed by atoms with van der Waals surface area (Å²) in [5, 5.41) is 2.59. The van der Waals surface area contributed by atoms with Gasteiger partial charge in [-0.25, -0.2) is 4.39 Å². The van der Waals surface area contributed by atoms with Gasteiger partial charge in [-0.3, -0.25) is 9.00 Å². The van der Waals surface area contributed by atoms with Crippen LogP contribution in [-0.2, 0) is 10.8 Å². The van der Waals surface area contributed by atoms with E-state index in [0.29, 0.717) is 18.7 Å². The lowest BCUT2D eigenvalue weighted by molar-refractivity contribution is 0.0949. The van der Waals surface area contributed by atoms with Crippen LogP contribution >= 0.6 is 15.9 Å². The molecule has 17 heavy (non-hydrogen) atoms. The van der Waals surface area contributed by atoms with E-state index < -0.39 is 22.5 Å². The normalized spacial score (nSPS) is 12.2. The number of amides is 1. The predicted octanol–water partition coefficient (Wildman–Crippen LogP) is 2.09. The van der Waals surface area contributed by atoms with Crippen molar-refractivity contribution in [2.75, 3.05) is 18.6 Å². The second-order valence-electron chi connectivity index (χ2n) is 3.49. The maximum atomic E-state index is 13.5. The molecule has 0 bridgehead atoms. The van der Waals surface area contributed by atoms with Crippen molar-refractivity contribution in [3.05, 3.63) is 34.1 Å². The van der Waals surface area contributed by atoms with Crippen molar-refractivity contribution in [1.29, 1.82) is 0 Å². The van der Waals surface area contributed by atoms with Gasteiger partial charge in [-0.2, -0.15) is 0 Å². The van der Waals surface area contributed by atoms with Gasteiger partial charge in [0.05, 0.1) is 10.0 Å². The zero-order valence-corrected chi connectivity index (χ0v) is 11.7. The summed E-state index contributed by atoms with van der Waals surface area (Å²) in [7, 11) is -0.866. The van der Waals surface area contributed by atoms with Crippen molar-refractivity contribution in [2.24, 2.45) is 0 Å². The first-order valence-electron chi connectivity index (χ1n) is 5.04. The molecular weight excluding hydrogens is 309 g/mol. The molecule has 1 atom stereocenters. The lowest BCUT2D eigenvalue weighted by Crippen LogP contribution is -2.26. The highest BCUT2D eigenvalue weighted by molar-refractivity contribution is 9.10. The number of halogens is 2. The number of hydrogen-bond acceptors (Lipinski definition) is 2. The number of nitrogens with one attached hydrogen (secondary N) is 1. The Balaban J connectivity index is 2.53. The van der Waals surface area contributed by atoms with E-state index in [2.05, 4.69) is 21.2 Å². The highest BCUT2D eigenvalue weighted by Crippen LogP contribution is 2.18. The molecule has 0 spiro atoms. The fourth-order valence-corrected chi connectivity index (χ4v) is 2.17. The second-order valence-corrected chi connectivity index (χ2v) is 5.90. The molecule has 1 unspecified atom stereocenters. The van der Waals surface area contributed by atoms with E-state index in [1.165, 1.54) is 12.1 Å². The Morgan fingerprint density at radius 2 is 2.24 bits per heavy atom. The molecule has 0 aliphatic rings. The van der Waals surface area contributed by atoms with Crippen LogP contribution in [-0.4, -0.2) is 28.7 Å². The van der Waals surface area contributed by atoms with Gasteiger partial charge in [0.2, 0.25) is 0 Å². The van der Waals surface area contributed by atoms with Crippen LogP contribution in [0.4, 0.5) is 4.39 Å². The van der Waals surface area contributed by atoms with E-state index in [4.69, 9.17) is 0 Å². The number of benzene rings is 1.